The summed E-state index contributed by atoms with van der Waals surface area (Å²) in [5.41, 5.74) is 9.43. The molecule has 2 rings (SSSR count). The van der Waals surface area contributed by atoms with Gasteiger partial charge in [-0.05, 0) is 28.7 Å². The van der Waals surface area contributed by atoms with E-state index < -0.39 is 12.0 Å². The van der Waals surface area contributed by atoms with Crippen molar-refractivity contribution in [1.82, 2.24) is 0 Å². The van der Waals surface area contributed by atoms with Crippen LogP contribution in [0.25, 0.3) is 16.7 Å². The van der Waals surface area contributed by atoms with Crippen LogP contribution in [0.5, 0.6) is 0 Å². The first kappa shape index (κ1) is 14.0. The Morgan fingerprint density at radius 3 is 2.15 bits per heavy atom. The topological polar surface area (TPSA) is 63.3 Å². The second kappa shape index (κ2) is 6.17. The number of nitrogens with two attached hydrogens (primary N) is 1. The van der Waals surface area contributed by atoms with Gasteiger partial charge in [-0.25, -0.2) is 0 Å². The third-order valence-corrected chi connectivity index (χ3v) is 3.18. The van der Waals surface area contributed by atoms with Crippen LogP contribution in [0.3, 0.4) is 0 Å². The summed E-state index contributed by atoms with van der Waals surface area (Å²) in [6.07, 6.45) is 0.250. The molecule has 0 amide bonds. The lowest BCUT2D eigenvalue weighted by atomic mass is 9.97. The normalized spacial score (nSPS) is 11.8. The molecule has 20 heavy (non-hydrogen) atoms. The van der Waals surface area contributed by atoms with Gasteiger partial charge in [-0.3, -0.25) is 4.79 Å². The third kappa shape index (κ3) is 3.33. The summed E-state index contributed by atoms with van der Waals surface area (Å²) in [4.78, 5) is 10.7. The predicted molar refractivity (Wildman–Crippen MR) is 81.1 cm³/mol. The van der Waals surface area contributed by atoms with Crippen LogP contribution in [0.15, 0.2) is 61.2 Å². The maximum absolute atomic E-state index is 10.7. The van der Waals surface area contributed by atoms with Crippen molar-refractivity contribution < 1.29 is 9.90 Å². The van der Waals surface area contributed by atoms with Crippen LogP contribution in [0.4, 0.5) is 0 Å². The number of rotatable bonds is 5. The summed E-state index contributed by atoms with van der Waals surface area (Å²) in [5, 5.41) is 8.80. The minimum atomic E-state index is -1.01. The van der Waals surface area contributed by atoms with Crippen LogP contribution < -0.4 is 5.73 Å². The SMILES string of the molecule is C=C(C[C@@H](N)C(=O)O)c1ccc(-c2ccccc2)cc1. The Morgan fingerprint density at radius 2 is 1.60 bits per heavy atom. The van der Waals surface area contributed by atoms with Gasteiger partial charge in [0.25, 0.3) is 0 Å². The molecule has 0 radical (unpaired) electrons. The largest absolute Gasteiger partial charge is 0.480 e. The van der Waals surface area contributed by atoms with Gasteiger partial charge >= 0.3 is 5.97 Å². The zero-order valence-electron chi connectivity index (χ0n) is 11.1. The highest BCUT2D eigenvalue weighted by Gasteiger charge is 2.13. The van der Waals surface area contributed by atoms with Crippen molar-refractivity contribution in [3.63, 3.8) is 0 Å². The standard InChI is InChI=1S/C17H17NO2/c1-12(11-16(18)17(19)20)13-7-9-15(10-8-13)14-5-3-2-4-6-14/h2-10,16H,1,11,18H2,(H,19,20)/t16-/m1/s1. The second-order valence-electron chi connectivity index (χ2n) is 4.70. The van der Waals surface area contributed by atoms with Gasteiger partial charge in [-0.15, -0.1) is 0 Å². The van der Waals surface area contributed by atoms with E-state index in [4.69, 9.17) is 10.8 Å². The van der Waals surface area contributed by atoms with Crippen molar-refractivity contribution in [2.75, 3.05) is 0 Å². The molecule has 0 saturated carbocycles. The number of aliphatic carboxylic acids is 1. The highest BCUT2D eigenvalue weighted by Crippen LogP contribution is 2.23. The van der Waals surface area contributed by atoms with Crippen molar-refractivity contribution in [2.45, 2.75) is 12.5 Å². The van der Waals surface area contributed by atoms with Crippen molar-refractivity contribution in [3.05, 3.63) is 66.7 Å². The fraction of sp³-hybridized carbons (Fsp3) is 0.118. The maximum atomic E-state index is 10.7. The van der Waals surface area contributed by atoms with Crippen LogP contribution >= 0.6 is 0 Å². The maximum Gasteiger partial charge on any atom is 0.320 e. The fourth-order valence-electron chi connectivity index (χ4n) is 2.00. The number of carbonyl (C=O) groups is 1. The zero-order valence-corrected chi connectivity index (χ0v) is 11.1. The quantitative estimate of drug-likeness (QED) is 0.874. The summed E-state index contributed by atoms with van der Waals surface area (Å²) in [6.45, 7) is 3.91. The molecule has 0 fully saturated rings. The molecular formula is C17H17NO2. The van der Waals surface area contributed by atoms with Crippen LogP contribution in [-0.2, 0) is 4.79 Å². The van der Waals surface area contributed by atoms with Crippen molar-refractivity contribution >= 4 is 11.5 Å². The van der Waals surface area contributed by atoms with E-state index in [-0.39, 0.29) is 6.42 Å². The molecule has 0 aliphatic carbocycles. The molecule has 3 heteroatoms. The molecule has 0 heterocycles. The van der Waals surface area contributed by atoms with E-state index in [0.29, 0.717) is 0 Å². The van der Waals surface area contributed by atoms with Gasteiger partial charge in [0.05, 0.1) is 0 Å². The van der Waals surface area contributed by atoms with E-state index in [9.17, 15) is 4.79 Å². The lowest BCUT2D eigenvalue weighted by Crippen LogP contribution is -2.30. The van der Waals surface area contributed by atoms with Gasteiger partial charge in [-0.1, -0.05) is 61.2 Å². The molecule has 0 unspecified atom stereocenters. The van der Waals surface area contributed by atoms with E-state index in [1.165, 1.54) is 0 Å². The summed E-state index contributed by atoms with van der Waals surface area (Å²) < 4.78 is 0. The van der Waals surface area contributed by atoms with E-state index in [1.807, 2.05) is 54.6 Å². The van der Waals surface area contributed by atoms with Crippen molar-refractivity contribution in [2.24, 2.45) is 5.73 Å². The summed E-state index contributed by atoms with van der Waals surface area (Å²) in [5.74, 6) is -1.01. The van der Waals surface area contributed by atoms with Crippen LogP contribution in [0.1, 0.15) is 12.0 Å². The summed E-state index contributed by atoms with van der Waals surface area (Å²) in [6, 6.07) is 17.0. The van der Waals surface area contributed by atoms with E-state index in [1.54, 1.807) is 0 Å². The highest BCUT2D eigenvalue weighted by atomic mass is 16.4. The first-order valence-electron chi connectivity index (χ1n) is 6.40. The first-order chi connectivity index (χ1) is 9.58. The van der Waals surface area contributed by atoms with Gasteiger partial charge in [0.2, 0.25) is 0 Å². The molecule has 0 spiro atoms. The minimum absolute atomic E-state index is 0.250. The van der Waals surface area contributed by atoms with Crippen LogP contribution in [-0.4, -0.2) is 17.1 Å². The zero-order chi connectivity index (χ0) is 14.5. The second-order valence-corrected chi connectivity index (χ2v) is 4.70. The van der Waals surface area contributed by atoms with Gasteiger partial charge in [-0.2, -0.15) is 0 Å². The number of carboxylic acids is 1. The van der Waals surface area contributed by atoms with Crippen LogP contribution in [0.2, 0.25) is 0 Å². The summed E-state index contributed by atoms with van der Waals surface area (Å²) >= 11 is 0. The smallest absolute Gasteiger partial charge is 0.320 e. The Hall–Kier alpha value is -2.39. The lowest BCUT2D eigenvalue weighted by molar-refractivity contribution is -0.138. The highest BCUT2D eigenvalue weighted by molar-refractivity contribution is 5.78. The molecule has 0 aliphatic rings. The van der Waals surface area contributed by atoms with E-state index >= 15 is 0 Å². The molecule has 0 saturated heterocycles. The average Bonchev–Trinajstić information content (AvgIpc) is 2.48. The Morgan fingerprint density at radius 1 is 1.05 bits per heavy atom. The molecule has 0 aromatic heterocycles. The minimum Gasteiger partial charge on any atom is -0.480 e. The monoisotopic (exact) mass is 267 g/mol. The van der Waals surface area contributed by atoms with Gasteiger partial charge in [0, 0.05) is 0 Å². The molecule has 3 nitrogen and oxygen atoms in total. The molecule has 2 aromatic rings. The van der Waals surface area contributed by atoms with Crippen molar-refractivity contribution in [3.8, 4) is 11.1 Å². The van der Waals surface area contributed by atoms with Gasteiger partial charge < -0.3 is 10.8 Å². The molecule has 0 bridgehead atoms. The Labute approximate surface area is 118 Å². The molecule has 3 N–H and O–H groups in total. The number of carboxylic acid groups (broad SMARTS) is 1. The Balaban J connectivity index is 2.12. The predicted octanol–water partition coefficient (Wildman–Crippen LogP) is 3.17. The van der Waals surface area contributed by atoms with Crippen molar-refractivity contribution in [1.29, 1.82) is 0 Å². The Kier molecular flexibility index (Phi) is 4.33. The number of benzene rings is 2. The van der Waals surface area contributed by atoms with E-state index in [2.05, 4.69) is 6.58 Å². The molecule has 0 aliphatic heterocycles. The number of hydrogen-bond acceptors (Lipinski definition) is 2. The fourth-order valence-corrected chi connectivity index (χ4v) is 2.00. The van der Waals surface area contributed by atoms with Gasteiger partial charge in [0.15, 0.2) is 0 Å². The lowest BCUT2D eigenvalue weighted by Gasteiger charge is -2.10. The van der Waals surface area contributed by atoms with E-state index in [0.717, 1.165) is 22.3 Å². The Bertz CT molecular complexity index is 603. The molecule has 102 valence electrons. The van der Waals surface area contributed by atoms with Crippen LogP contribution in [0, 0.1) is 0 Å². The average molecular weight is 267 g/mol. The summed E-state index contributed by atoms with van der Waals surface area (Å²) in [7, 11) is 0. The molecular weight excluding hydrogens is 250 g/mol. The molecule has 1 atom stereocenters. The van der Waals surface area contributed by atoms with Gasteiger partial charge in [0.1, 0.15) is 6.04 Å². The first-order valence-corrected chi connectivity index (χ1v) is 6.40. The molecule has 2 aromatic carbocycles. The third-order valence-electron chi connectivity index (χ3n) is 3.18. The number of hydrogen-bond donors (Lipinski definition) is 2.